The average molecular weight is 207 g/mol. The maximum atomic E-state index is 9.44. The lowest BCUT2D eigenvalue weighted by molar-refractivity contribution is 0.372. The van der Waals surface area contributed by atoms with Crippen molar-refractivity contribution in [2.75, 3.05) is 7.11 Å². The van der Waals surface area contributed by atoms with Crippen LogP contribution >= 0.6 is 0 Å². The van der Waals surface area contributed by atoms with Crippen LogP contribution in [0.2, 0.25) is 0 Å². The largest absolute Gasteiger partial charge is 0.504 e. The highest BCUT2D eigenvalue weighted by molar-refractivity contribution is 5.41. The first-order chi connectivity index (χ1) is 7.04. The van der Waals surface area contributed by atoms with Crippen LogP contribution in [0, 0.1) is 18.8 Å². The smallest absolute Gasteiger partial charge is 0.160 e. The van der Waals surface area contributed by atoms with Crippen molar-refractivity contribution in [3.05, 3.63) is 30.7 Å². The summed E-state index contributed by atoms with van der Waals surface area (Å²) in [6.45, 7) is 8.31. The van der Waals surface area contributed by atoms with Gasteiger partial charge in [0.25, 0.3) is 0 Å². The van der Waals surface area contributed by atoms with E-state index in [4.69, 9.17) is 4.74 Å². The molecule has 1 aromatic rings. The van der Waals surface area contributed by atoms with E-state index in [2.05, 4.69) is 20.8 Å². The van der Waals surface area contributed by atoms with Gasteiger partial charge in [-0.1, -0.05) is 26.8 Å². The average Bonchev–Trinajstić information content (AvgIpc) is 2.20. The third-order valence-electron chi connectivity index (χ3n) is 2.77. The first-order valence-corrected chi connectivity index (χ1v) is 5.23. The van der Waals surface area contributed by atoms with Crippen LogP contribution in [-0.2, 0) is 6.42 Å². The molecule has 0 saturated heterocycles. The van der Waals surface area contributed by atoms with Gasteiger partial charge in [0.2, 0.25) is 0 Å². The molecular formula is C13H19O2. The van der Waals surface area contributed by atoms with Crippen molar-refractivity contribution in [3.8, 4) is 11.5 Å². The summed E-state index contributed by atoms with van der Waals surface area (Å²) >= 11 is 0. The van der Waals surface area contributed by atoms with E-state index in [0.29, 0.717) is 17.6 Å². The van der Waals surface area contributed by atoms with Crippen LogP contribution in [0.25, 0.3) is 0 Å². The topological polar surface area (TPSA) is 29.5 Å². The quantitative estimate of drug-likeness (QED) is 0.822. The highest BCUT2D eigenvalue weighted by atomic mass is 16.5. The van der Waals surface area contributed by atoms with Crippen LogP contribution in [0.15, 0.2) is 18.2 Å². The fourth-order valence-electron chi connectivity index (χ4n) is 1.42. The molecule has 15 heavy (non-hydrogen) atoms. The van der Waals surface area contributed by atoms with Crippen LogP contribution < -0.4 is 4.74 Å². The molecule has 1 N–H and O–H groups in total. The molecule has 0 aliphatic carbocycles. The van der Waals surface area contributed by atoms with Crippen LogP contribution in [0.4, 0.5) is 0 Å². The summed E-state index contributed by atoms with van der Waals surface area (Å²) in [6.07, 6.45) is 0.960. The molecule has 83 valence electrons. The zero-order valence-electron chi connectivity index (χ0n) is 9.66. The summed E-state index contributed by atoms with van der Waals surface area (Å²) in [5, 5.41) is 9.44. The number of methoxy groups -OCH3 is 1. The van der Waals surface area contributed by atoms with Crippen molar-refractivity contribution in [1.82, 2.24) is 0 Å². The van der Waals surface area contributed by atoms with Crippen molar-refractivity contribution < 1.29 is 9.84 Å². The van der Waals surface area contributed by atoms with Crippen LogP contribution in [0.1, 0.15) is 19.4 Å². The lowest BCUT2D eigenvalue weighted by Gasteiger charge is -2.15. The Morgan fingerprint density at radius 3 is 2.60 bits per heavy atom. The second-order valence-electron chi connectivity index (χ2n) is 4.16. The number of aromatic hydroxyl groups is 1. The Morgan fingerprint density at radius 2 is 2.07 bits per heavy atom. The first kappa shape index (κ1) is 11.9. The molecule has 0 aromatic heterocycles. The highest BCUT2D eigenvalue weighted by Gasteiger charge is 2.10. The Morgan fingerprint density at radius 1 is 1.40 bits per heavy atom. The zero-order valence-corrected chi connectivity index (χ0v) is 9.66. The number of hydrogen-bond donors (Lipinski definition) is 1. The van der Waals surface area contributed by atoms with Crippen molar-refractivity contribution >= 4 is 0 Å². The van der Waals surface area contributed by atoms with E-state index in [1.165, 1.54) is 5.56 Å². The molecule has 2 nitrogen and oxygen atoms in total. The lowest BCUT2D eigenvalue weighted by Crippen LogP contribution is -2.07. The summed E-state index contributed by atoms with van der Waals surface area (Å²) in [4.78, 5) is 0. The van der Waals surface area contributed by atoms with Crippen LogP contribution in [0.3, 0.4) is 0 Å². The second-order valence-corrected chi connectivity index (χ2v) is 4.16. The molecule has 0 fully saturated rings. The van der Waals surface area contributed by atoms with E-state index in [1.54, 1.807) is 13.2 Å². The number of rotatable bonds is 4. The van der Waals surface area contributed by atoms with Crippen LogP contribution in [-0.4, -0.2) is 12.2 Å². The van der Waals surface area contributed by atoms with Gasteiger partial charge in [-0.2, -0.15) is 0 Å². The monoisotopic (exact) mass is 207 g/mol. The van der Waals surface area contributed by atoms with Gasteiger partial charge < -0.3 is 9.84 Å². The molecule has 1 aromatic carbocycles. The SMILES string of the molecule is [CH2]C(C)C(C)Cc1ccc(O)c(OC)c1. The molecule has 1 radical (unpaired) electrons. The molecular weight excluding hydrogens is 188 g/mol. The van der Waals surface area contributed by atoms with Crippen molar-refractivity contribution in [3.63, 3.8) is 0 Å². The molecule has 2 heteroatoms. The van der Waals surface area contributed by atoms with E-state index in [1.807, 2.05) is 12.1 Å². The molecule has 2 atom stereocenters. The predicted molar refractivity (Wildman–Crippen MR) is 62.0 cm³/mol. The molecule has 0 amide bonds. The van der Waals surface area contributed by atoms with Gasteiger partial charge in [-0.15, -0.1) is 0 Å². The Balaban J connectivity index is 2.78. The highest BCUT2D eigenvalue weighted by Crippen LogP contribution is 2.28. The number of ether oxygens (including phenoxy) is 1. The van der Waals surface area contributed by atoms with E-state index in [0.717, 1.165) is 6.42 Å². The molecule has 1 rings (SSSR count). The van der Waals surface area contributed by atoms with E-state index < -0.39 is 0 Å². The van der Waals surface area contributed by atoms with Gasteiger partial charge in [0.1, 0.15) is 0 Å². The minimum atomic E-state index is 0.191. The minimum Gasteiger partial charge on any atom is -0.504 e. The number of phenolic OH excluding ortho intramolecular Hbond substituents is 1. The minimum absolute atomic E-state index is 0.191. The van der Waals surface area contributed by atoms with E-state index >= 15 is 0 Å². The summed E-state index contributed by atoms with van der Waals surface area (Å²) in [6, 6.07) is 5.49. The van der Waals surface area contributed by atoms with Crippen LogP contribution in [0.5, 0.6) is 11.5 Å². The molecule has 0 saturated carbocycles. The third kappa shape index (κ3) is 3.15. The van der Waals surface area contributed by atoms with Gasteiger partial charge in [0.15, 0.2) is 11.5 Å². The second kappa shape index (κ2) is 5.06. The van der Waals surface area contributed by atoms with Crippen molar-refractivity contribution in [2.45, 2.75) is 20.3 Å². The van der Waals surface area contributed by atoms with E-state index in [9.17, 15) is 5.11 Å². The van der Waals surface area contributed by atoms with Crippen molar-refractivity contribution in [1.29, 1.82) is 0 Å². The van der Waals surface area contributed by atoms with Gasteiger partial charge in [0, 0.05) is 0 Å². The first-order valence-electron chi connectivity index (χ1n) is 5.23. The summed E-state index contributed by atoms with van der Waals surface area (Å²) in [7, 11) is 1.56. The molecule has 0 heterocycles. The van der Waals surface area contributed by atoms with Gasteiger partial charge in [-0.3, -0.25) is 0 Å². The number of hydrogen-bond acceptors (Lipinski definition) is 2. The number of phenols is 1. The molecule has 2 unspecified atom stereocenters. The lowest BCUT2D eigenvalue weighted by atomic mass is 9.91. The molecule has 0 aliphatic rings. The maximum absolute atomic E-state index is 9.44. The van der Waals surface area contributed by atoms with Gasteiger partial charge in [-0.05, 0) is 36.0 Å². The molecule has 0 bridgehead atoms. The number of benzene rings is 1. The Bertz CT molecular complexity index is 318. The Kier molecular flexibility index (Phi) is 4.01. The fraction of sp³-hybridized carbons (Fsp3) is 0.462. The zero-order chi connectivity index (χ0) is 11.4. The normalized spacial score (nSPS) is 12.9. The van der Waals surface area contributed by atoms with Gasteiger partial charge in [-0.25, -0.2) is 0 Å². The molecule has 0 spiro atoms. The Hall–Kier alpha value is -1.18. The third-order valence-corrected chi connectivity index (χ3v) is 2.77. The van der Waals surface area contributed by atoms with Gasteiger partial charge >= 0.3 is 0 Å². The maximum Gasteiger partial charge on any atom is 0.160 e. The summed E-state index contributed by atoms with van der Waals surface area (Å²) < 4.78 is 5.06. The standard InChI is InChI=1S/C13H19O2/c1-9(2)10(3)7-11-5-6-12(14)13(8-11)15-4/h5-6,8-10,14H,1,7H2,2-4H3. The van der Waals surface area contributed by atoms with Crippen molar-refractivity contribution in [2.24, 2.45) is 11.8 Å². The molecule has 0 aliphatic heterocycles. The Labute approximate surface area is 91.9 Å². The van der Waals surface area contributed by atoms with E-state index in [-0.39, 0.29) is 5.75 Å². The predicted octanol–water partition coefficient (Wildman–Crippen LogP) is 3.05. The summed E-state index contributed by atoms with van der Waals surface area (Å²) in [5.41, 5.74) is 1.17. The van der Waals surface area contributed by atoms with Gasteiger partial charge in [0.05, 0.1) is 7.11 Å². The fourth-order valence-corrected chi connectivity index (χ4v) is 1.42. The summed E-state index contributed by atoms with van der Waals surface area (Å²) in [5.74, 6) is 1.68.